The number of nitrogens with zero attached hydrogens (tertiary/aromatic N) is 3. The van der Waals surface area contributed by atoms with Crippen LogP contribution in [0.3, 0.4) is 0 Å². The Labute approximate surface area is 93.0 Å². The Morgan fingerprint density at radius 1 is 1.50 bits per heavy atom. The van der Waals surface area contributed by atoms with E-state index in [1.807, 2.05) is 10.8 Å². The molecule has 0 amide bonds. The summed E-state index contributed by atoms with van der Waals surface area (Å²) in [7, 11) is 0. The molecule has 0 spiro atoms. The van der Waals surface area contributed by atoms with Crippen LogP contribution in [0.1, 0.15) is 11.3 Å². The molecule has 2 heterocycles. The van der Waals surface area contributed by atoms with Gasteiger partial charge in [0.05, 0.1) is 19.1 Å². The minimum Gasteiger partial charge on any atom is -0.326 e. The molecule has 0 saturated heterocycles. The van der Waals surface area contributed by atoms with Gasteiger partial charge in [-0.25, -0.2) is 14.4 Å². The van der Waals surface area contributed by atoms with E-state index in [4.69, 9.17) is 0 Å². The lowest BCUT2D eigenvalue weighted by Gasteiger charge is -1.95. The predicted octanol–water partition coefficient (Wildman–Crippen LogP) is 1.78. The number of hydrogen-bond acceptors (Lipinski definition) is 2. The summed E-state index contributed by atoms with van der Waals surface area (Å²) < 4.78 is 14.8. The SMILES string of the molecule is Cc1cc(C#CCn2ccnc2)ncc1F. The number of rotatable bonds is 1. The molecule has 0 N–H and O–H groups in total. The van der Waals surface area contributed by atoms with E-state index in [1.165, 1.54) is 6.20 Å². The second-order valence-corrected chi connectivity index (χ2v) is 3.36. The second kappa shape index (κ2) is 4.58. The quantitative estimate of drug-likeness (QED) is 0.679. The lowest BCUT2D eigenvalue weighted by molar-refractivity contribution is 0.611. The smallest absolute Gasteiger partial charge is 0.144 e. The first kappa shape index (κ1) is 10.4. The Morgan fingerprint density at radius 2 is 2.38 bits per heavy atom. The van der Waals surface area contributed by atoms with Gasteiger partial charge in [-0.05, 0) is 24.5 Å². The molecule has 2 aromatic heterocycles. The van der Waals surface area contributed by atoms with Crippen molar-refractivity contribution in [2.75, 3.05) is 0 Å². The summed E-state index contributed by atoms with van der Waals surface area (Å²) in [5.41, 5.74) is 1.14. The summed E-state index contributed by atoms with van der Waals surface area (Å²) >= 11 is 0. The number of halogens is 1. The number of aryl methyl sites for hydroxylation is 1. The highest BCUT2D eigenvalue weighted by Crippen LogP contribution is 2.04. The van der Waals surface area contributed by atoms with Crippen molar-refractivity contribution in [3.8, 4) is 11.8 Å². The highest BCUT2D eigenvalue weighted by atomic mass is 19.1. The van der Waals surface area contributed by atoms with Crippen molar-refractivity contribution in [2.24, 2.45) is 0 Å². The Bertz CT molecular complexity index is 535. The Morgan fingerprint density at radius 3 is 3.06 bits per heavy atom. The lowest BCUT2D eigenvalue weighted by atomic mass is 10.2. The zero-order valence-electron chi connectivity index (χ0n) is 8.81. The number of pyridine rings is 1. The molecule has 0 aromatic carbocycles. The van der Waals surface area contributed by atoms with Crippen molar-refractivity contribution in [1.29, 1.82) is 0 Å². The van der Waals surface area contributed by atoms with E-state index in [0.717, 1.165) is 0 Å². The monoisotopic (exact) mass is 215 g/mol. The van der Waals surface area contributed by atoms with Crippen LogP contribution < -0.4 is 0 Å². The van der Waals surface area contributed by atoms with Crippen molar-refractivity contribution in [3.05, 3.63) is 48.1 Å². The van der Waals surface area contributed by atoms with Gasteiger partial charge in [0.1, 0.15) is 11.5 Å². The summed E-state index contributed by atoms with van der Waals surface area (Å²) in [6.07, 6.45) is 6.41. The van der Waals surface area contributed by atoms with Crippen LogP contribution >= 0.6 is 0 Å². The van der Waals surface area contributed by atoms with Gasteiger partial charge < -0.3 is 4.57 Å². The molecule has 16 heavy (non-hydrogen) atoms. The van der Waals surface area contributed by atoms with Crippen LogP contribution in [-0.4, -0.2) is 14.5 Å². The van der Waals surface area contributed by atoms with Crippen molar-refractivity contribution < 1.29 is 4.39 Å². The van der Waals surface area contributed by atoms with Crippen molar-refractivity contribution in [1.82, 2.24) is 14.5 Å². The van der Waals surface area contributed by atoms with Crippen LogP contribution in [-0.2, 0) is 6.54 Å². The maximum Gasteiger partial charge on any atom is 0.144 e. The van der Waals surface area contributed by atoms with E-state index in [0.29, 0.717) is 17.8 Å². The first-order chi connectivity index (χ1) is 7.75. The number of imidazole rings is 1. The Balaban J connectivity index is 2.09. The molecular weight excluding hydrogens is 205 g/mol. The van der Waals surface area contributed by atoms with Gasteiger partial charge in [-0.2, -0.15) is 0 Å². The van der Waals surface area contributed by atoms with Crippen molar-refractivity contribution >= 4 is 0 Å². The molecule has 0 bridgehead atoms. The summed E-state index contributed by atoms with van der Waals surface area (Å²) in [5, 5.41) is 0. The highest BCUT2D eigenvalue weighted by molar-refractivity contribution is 5.30. The van der Waals surface area contributed by atoms with Gasteiger partial charge in [-0.3, -0.25) is 0 Å². The van der Waals surface area contributed by atoms with Gasteiger partial charge in [0, 0.05) is 12.4 Å². The van der Waals surface area contributed by atoms with Crippen LogP contribution in [0.5, 0.6) is 0 Å². The normalized spacial score (nSPS) is 9.62. The molecule has 2 aromatic rings. The van der Waals surface area contributed by atoms with E-state index in [1.54, 1.807) is 25.5 Å². The van der Waals surface area contributed by atoms with Crippen molar-refractivity contribution in [2.45, 2.75) is 13.5 Å². The summed E-state index contributed by atoms with van der Waals surface area (Å²) in [5.74, 6) is 5.51. The fourth-order valence-electron chi connectivity index (χ4n) is 1.21. The molecule has 0 fully saturated rings. The number of hydrogen-bond donors (Lipinski definition) is 0. The summed E-state index contributed by atoms with van der Waals surface area (Å²) in [6, 6.07) is 1.64. The van der Waals surface area contributed by atoms with Crippen LogP contribution in [0, 0.1) is 24.6 Å². The molecule has 0 aliphatic heterocycles. The first-order valence-electron chi connectivity index (χ1n) is 4.82. The van der Waals surface area contributed by atoms with Crippen LogP contribution in [0.2, 0.25) is 0 Å². The largest absolute Gasteiger partial charge is 0.326 e. The van der Waals surface area contributed by atoms with E-state index in [9.17, 15) is 4.39 Å². The van der Waals surface area contributed by atoms with Gasteiger partial charge in [-0.1, -0.05) is 5.92 Å². The van der Waals surface area contributed by atoms with Gasteiger partial charge in [-0.15, -0.1) is 0 Å². The minimum absolute atomic E-state index is 0.305. The van der Waals surface area contributed by atoms with E-state index < -0.39 is 0 Å². The van der Waals surface area contributed by atoms with Gasteiger partial charge in [0.15, 0.2) is 0 Å². The summed E-state index contributed by atoms with van der Waals surface area (Å²) in [6.45, 7) is 2.25. The maximum absolute atomic E-state index is 12.9. The maximum atomic E-state index is 12.9. The topological polar surface area (TPSA) is 30.7 Å². The van der Waals surface area contributed by atoms with E-state index >= 15 is 0 Å². The second-order valence-electron chi connectivity index (χ2n) is 3.36. The molecule has 0 unspecified atom stereocenters. The van der Waals surface area contributed by atoms with Gasteiger partial charge in [0.2, 0.25) is 0 Å². The van der Waals surface area contributed by atoms with Gasteiger partial charge in [0.25, 0.3) is 0 Å². The zero-order valence-corrected chi connectivity index (χ0v) is 8.81. The third-order valence-corrected chi connectivity index (χ3v) is 2.08. The van der Waals surface area contributed by atoms with Crippen LogP contribution in [0.4, 0.5) is 4.39 Å². The molecular formula is C12H10FN3. The standard InChI is InChI=1S/C12H10FN3/c1-10-7-11(15-8-12(10)13)3-2-5-16-6-4-14-9-16/h4,6-9H,5H2,1H3. The molecule has 0 atom stereocenters. The van der Waals surface area contributed by atoms with Crippen LogP contribution in [0.25, 0.3) is 0 Å². The number of aromatic nitrogens is 3. The fourth-order valence-corrected chi connectivity index (χ4v) is 1.21. The fraction of sp³-hybridized carbons (Fsp3) is 0.167. The lowest BCUT2D eigenvalue weighted by Crippen LogP contribution is -1.92. The molecule has 0 radical (unpaired) electrons. The average molecular weight is 215 g/mol. The third kappa shape index (κ3) is 2.45. The molecule has 0 aliphatic carbocycles. The zero-order chi connectivity index (χ0) is 11.4. The predicted molar refractivity (Wildman–Crippen MR) is 58.0 cm³/mol. The Hall–Kier alpha value is -2.15. The van der Waals surface area contributed by atoms with E-state index in [-0.39, 0.29) is 5.82 Å². The minimum atomic E-state index is -0.305. The summed E-state index contributed by atoms with van der Waals surface area (Å²) in [4.78, 5) is 7.79. The molecule has 2 rings (SSSR count). The molecule has 3 nitrogen and oxygen atoms in total. The average Bonchev–Trinajstić information content (AvgIpc) is 2.76. The van der Waals surface area contributed by atoms with Crippen LogP contribution in [0.15, 0.2) is 31.0 Å². The molecule has 80 valence electrons. The first-order valence-corrected chi connectivity index (χ1v) is 4.82. The molecule has 0 aliphatic rings. The molecule has 4 heteroatoms. The molecule has 0 saturated carbocycles. The van der Waals surface area contributed by atoms with E-state index in [2.05, 4.69) is 21.8 Å². The Kier molecular flexibility index (Phi) is 2.97. The van der Waals surface area contributed by atoms with Gasteiger partial charge >= 0.3 is 0 Å². The third-order valence-electron chi connectivity index (χ3n) is 2.08. The van der Waals surface area contributed by atoms with Crippen molar-refractivity contribution in [3.63, 3.8) is 0 Å². The highest BCUT2D eigenvalue weighted by Gasteiger charge is 1.97.